The number of sulfone groups is 1. The maximum absolute atomic E-state index is 12.4. The SMILES string of the molecule is CCOC(=O)[C@]1(S(=O)(=O)c2ccccc2)CCO1. The van der Waals surface area contributed by atoms with Crippen LogP contribution in [0.25, 0.3) is 0 Å². The zero-order valence-corrected chi connectivity index (χ0v) is 10.8. The third kappa shape index (κ3) is 1.81. The van der Waals surface area contributed by atoms with Gasteiger partial charge in [0.1, 0.15) is 0 Å². The lowest BCUT2D eigenvalue weighted by atomic mass is 10.2. The molecule has 1 saturated heterocycles. The van der Waals surface area contributed by atoms with E-state index in [1.54, 1.807) is 25.1 Å². The summed E-state index contributed by atoms with van der Waals surface area (Å²) in [5, 5.41) is 0. The highest BCUT2D eigenvalue weighted by molar-refractivity contribution is 7.93. The Labute approximate surface area is 106 Å². The van der Waals surface area contributed by atoms with E-state index in [2.05, 4.69) is 0 Å². The molecule has 0 aromatic heterocycles. The molecule has 0 amide bonds. The van der Waals surface area contributed by atoms with Gasteiger partial charge in [0.05, 0.1) is 18.1 Å². The lowest BCUT2D eigenvalue weighted by Crippen LogP contribution is -2.57. The minimum atomic E-state index is -3.88. The van der Waals surface area contributed by atoms with Crippen LogP contribution in [-0.2, 0) is 24.1 Å². The summed E-state index contributed by atoms with van der Waals surface area (Å²) in [5.74, 6) is -0.833. The highest BCUT2D eigenvalue weighted by Gasteiger charge is 2.59. The second kappa shape index (κ2) is 4.70. The van der Waals surface area contributed by atoms with Crippen molar-refractivity contribution in [2.75, 3.05) is 13.2 Å². The first kappa shape index (κ1) is 13.0. The molecule has 1 atom stereocenters. The van der Waals surface area contributed by atoms with Gasteiger partial charge in [-0.25, -0.2) is 13.2 Å². The van der Waals surface area contributed by atoms with Crippen LogP contribution in [0.5, 0.6) is 0 Å². The Balaban J connectivity index is 2.42. The van der Waals surface area contributed by atoms with E-state index in [9.17, 15) is 13.2 Å². The topological polar surface area (TPSA) is 69.7 Å². The van der Waals surface area contributed by atoms with Crippen molar-refractivity contribution in [2.45, 2.75) is 23.2 Å². The summed E-state index contributed by atoms with van der Waals surface area (Å²) in [6.45, 7) is 1.98. The Hall–Kier alpha value is -1.40. The first-order chi connectivity index (χ1) is 8.54. The van der Waals surface area contributed by atoms with E-state index in [1.165, 1.54) is 12.1 Å². The van der Waals surface area contributed by atoms with E-state index < -0.39 is 20.7 Å². The van der Waals surface area contributed by atoms with Crippen LogP contribution in [0.1, 0.15) is 13.3 Å². The van der Waals surface area contributed by atoms with Gasteiger partial charge < -0.3 is 9.47 Å². The predicted octanol–water partition coefficient (Wildman–Crippen LogP) is 1.14. The highest BCUT2D eigenvalue weighted by atomic mass is 32.2. The van der Waals surface area contributed by atoms with Crippen molar-refractivity contribution in [1.82, 2.24) is 0 Å². The summed E-state index contributed by atoms with van der Waals surface area (Å²) in [7, 11) is -3.88. The molecular formula is C12H14O5S. The average Bonchev–Trinajstić information content (AvgIpc) is 2.28. The molecule has 1 aliphatic rings. The standard InChI is InChI=1S/C12H14O5S/c1-2-16-11(13)12(8-9-17-12)18(14,15)10-6-4-3-5-7-10/h3-7H,2,8-9H2,1H3/t12-/m1/s1. The molecular weight excluding hydrogens is 256 g/mol. The molecule has 5 nitrogen and oxygen atoms in total. The molecule has 98 valence electrons. The Morgan fingerprint density at radius 3 is 2.44 bits per heavy atom. The number of hydrogen-bond donors (Lipinski definition) is 0. The van der Waals surface area contributed by atoms with Crippen LogP contribution in [-0.4, -0.2) is 32.5 Å². The van der Waals surface area contributed by atoms with Crippen molar-refractivity contribution in [2.24, 2.45) is 0 Å². The summed E-state index contributed by atoms with van der Waals surface area (Å²) in [6, 6.07) is 7.79. The van der Waals surface area contributed by atoms with Crippen LogP contribution in [0.15, 0.2) is 35.2 Å². The molecule has 1 aromatic carbocycles. The van der Waals surface area contributed by atoms with E-state index in [1.807, 2.05) is 0 Å². The fraction of sp³-hybridized carbons (Fsp3) is 0.417. The van der Waals surface area contributed by atoms with Gasteiger partial charge in [0, 0.05) is 6.42 Å². The number of ether oxygens (including phenoxy) is 2. The second-order valence-electron chi connectivity index (χ2n) is 3.89. The highest BCUT2D eigenvalue weighted by Crippen LogP contribution is 2.38. The van der Waals surface area contributed by atoms with Gasteiger partial charge in [0.2, 0.25) is 9.84 Å². The Kier molecular flexibility index (Phi) is 3.41. The van der Waals surface area contributed by atoms with Gasteiger partial charge in [-0.15, -0.1) is 0 Å². The zero-order valence-electron chi connectivity index (χ0n) is 9.96. The van der Waals surface area contributed by atoms with Crippen molar-refractivity contribution < 1.29 is 22.7 Å². The van der Waals surface area contributed by atoms with E-state index in [0.717, 1.165) is 0 Å². The summed E-state index contributed by atoms with van der Waals surface area (Å²) in [5.41, 5.74) is 0. The molecule has 6 heteroatoms. The molecule has 1 fully saturated rings. The van der Waals surface area contributed by atoms with Crippen molar-refractivity contribution in [3.05, 3.63) is 30.3 Å². The van der Waals surface area contributed by atoms with E-state index >= 15 is 0 Å². The van der Waals surface area contributed by atoms with Gasteiger partial charge in [0.15, 0.2) is 0 Å². The Bertz CT molecular complexity index is 531. The molecule has 1 heterocycles. The largest absolute Gasteiger partial charge is 0.463 e. The number of carbonyl (C=O) groups is 1. The van der Waals surface area contributed by atoms with Crippen molar-refractivity contribution >= 4 is 15.8 Å². The van der Waals surface area contributed by atoms with Crippen LogP contribution in [0.3, 0.4) is 0 Å². The molecule has 0 bridgehead atoms. The molecule has 0 N–H and O–H groups in total. The van der Waals surface area contributed by atoms with Gasteiger partial charge >= 0.3 is 5.97 Å². The monoisotopic (exact) mass is 270 g/mol. The van der Waals surface area contributed by atoms with Gasteiger partial charge in [-0.3, -0.25) is 0 Å². The average molecular weight is 270 g/mol. The maximum atomic E-state index is 12.4. The molecule has 2 rings (SSSR count). The van der Waals surface area contributed by atoms with Crippen LogP contribution in [0, 0.1) is 0 Å². The van der Waals surface area contributed by atoms with E-state index in [-0.39, 0.29) is 24.5 Å². The number of carbonyl (C=O) groups excluding carboxylic acids is 1. The van der Waals surface area contributed by atoms with Gasteiger partial charge in [0.25, 0.3) is 4.93 Å². The lowest BCUT2D eigenvalue weighted by Gasteiger charge is -2.38. The predicted molar refractivity (Wildman–Crippen MR) is 63.6 cm³/mol. The lowest BCUT2D eigenvalue weighted by molar-refractivity contribution is -0.178. The third-order valence-electron chi connectivity index (χ3n) is 2.84. The molecule has 0 radical (unpaired) electrons. The van der Waals surface area contributed by atoms with Crippen molar-refractivity contribution in [3.8, 4) is 0 Å². The minimum Gasteiger partial charge on any atom is -0.463 e. The van der Waals surface area contributed by atoms with Crippen LogP contribution in [0.4, 0.5) is 0 Å². The van der Waals surface area contributed by atoms with Gasteiger partial charge in [-0.1, -0.05) is 18.2 Å². The summed E-state index contributed by atoms with van der Waals surface area (Å²) in [4.78, 5) is 10.1. The molecule has 0 saturated carbocycles. The van der Waals surface area contributed by atoms with Gasteiger partial charge in [-0.05, 0) is 19.1 Å². The number of esters is 1. The fourth-order valence-corrected chi connectivity index (χ4v) is 3.57. The quantitative estimate of drug-likeness (QED) is 0.767. The minimum absolute atomic E-state index is 0.0674. The van der Waals surface area contributed by atoms with E-state index in [4.69, 9.17) is 9.47 Å². The smallest absolute Gasteiger partial charge is 0.354 e. The fourth-order valence-electron chi connectivity index (χ4n) is 1.80. The third-order valence-corrected chi connectivity index (χ3v) is 5.09. The van der Waals surface area contributed by atoms with Crippen molar-refractivity contribution in [3.63, 3.8) is 0 Å². The first-order valence-corrected chi connectivity index (χ1v) is 7.14. The summed E-state index contributed by atoms with van der Waals surface area (Å²) < 4.78 is 34.8. The molecule has 1 aliphatic heterocycles. The molecule has 0 spiro atoms. The van der Waals surface area contributed by atoms with E-state index in [0.29, 0.717) is 0 Å². The number of hydrogen-bond acceptors (Lipinski definition) is 5. The van der Waals surface area contributed by atoms with Crippen LogP contribution < -0.4 is 0 Å². The first-order valence-electron chi connectivity index (χ1n) is 5.65. The summed E-state index contributed by atoms with van der Waals surface area (Å²) in [6.07, 6.45) is 0.128. The molecule has 0 aliphatic carbocycles. The Morgan fingerprint density at radius 2 is 2.00 bits per heavy atom. The maximum Gasteiger partial charge on any atom is 0.354 e. The van der Waals surface area contributed by atoms with Crippen LogP contribution >= 0.6 is 0 Å². The second-order valence-corrected chi connectivity index (χ2v) is 6.03. The Morgan fingerprint density at radius 1 is 1.39 bits per heavy atom. The molecule has 1 aromatic rings. The molecule has 18 heavy (non-hydrogen) atoms. The van der Waals surface area contributed by atoms with Crippen molar-refractivity contribution in [1.29, 1.82) is 0 Å². The normalized spacial score (nSPS) is 23.2. The van der Waals surface area contributed by atoms with Crippen LogP contribution in [0.2, 0.25) is 0 Å². The number of benzene rings is 1. The van der Waals surface area contributed by atoms with Gasteiger partial charge in [-0.2, -0.15) is 0 Å². The number of rotatable bonds is 4. The molecule has 0 unspecified atom stereocenters. The summed E-state index contributed by atoms with van der Waals surface area (Å²) >= 11 is 0. The zero-order chi connectivity index (χ0) is 13.2.